The molecule has 0 spiro atoms. The van der Waals surface area contributed by atoms with E-state index in [4.69, 9.17) is 0 Å². The maximum atomic E-state index is 3.89. The van der Waals surface area contributed by atoms with E-state index >= 15 is 0 Å². The first-order valence-corrected chi connectivity index (χ1v) is 3.16. The molecule has 0 atom stereocenters. The molecule has 0 radical (unpaired) electrons. The highest BCUT2D eigenvalue weighted by Gasteiger charge is 2.22. The minimum Gasteiger partial charge on any atom is -0.164 e. The number of nitrogens with zero attached hydrogens (tertiary/aromatic N) is 4. The monoisotopic (exact) mass is 124 g/mol. The van der Waals surface area contributed by atoms with Gasteiger partial charge in [-0.2, -0.15) is 4.80 Å². The third kappa shape index (κ3) is 1.06. The van der Waals surface area contributed by atoms with Crippen LogP contribution in [0.2, 0.25) is 0 Å². The summed E-state index contributed by atoms with van der Waals surface area (Å²) < 4.78 is 0. The predicted molar refractivity (Wildman–Crippen MR) is 30.5 cm³/mol. The Morgan fingerprint density at radius 2 is 2.44 bits per heavy atom. The highest BCUT2D eigenvalue weighted by atomic mass is 15.6. The van der Waals surface area contributed by atoms with Gasteiger partial charge in [0.2, 0.25) is 0 Å². The van der Waals surface area contributed by atoms with Crippen molar-refractivity contribution in [2.75, 3.05) is 0 Å². The van der Waals surface area contributed by atoms with Crippen molar-refractivity contribution in [3.8, 4) is 0 Å². The molecule has 9 heavy (non-hydrogen) atoms. The molecule has 2 rings (SSSR count). The van der Waals surface area contributed by atoms with Crippen LogP contribution < -0.4 is 0 Å². The molecule has 1 aliphatic carbocycles. The van der Waals surface area contributed by atoms with Gasteiger partial charge >= 0.3 is 0 Å². The summed E-state index contributed by atoms with van der Waals surface area (Å²) in [6, 6.07) is 0. The molecule has 0 amide bonds. The van der Waals surface area contributed by atoms with E-state index in [0.29, 0.717) is 0 Å². The fourth-order valence-corrected chi connectivity index (χ4v) is 0.804. The molecule has 1 aromatic heterocycles. The molecule has 0 bridgehead atoms. The standard InChI is InChI=1S/C5H8N4/c1-2-5(1)3-9-7-4-6-8-9/h4-5H,1-3H2. The van der Waals surface area contributed by atoms with Gasteiger partial charge in [0.25, 0.3) is 0 Å². The second-order valence-electron chi connectivity index (χ2n) is 2.43. The zero-order chi connectivity index (χ0) is 6.10. The Bertz CT molecular complexity index is 177. The van der Waals surface area contributed by atoms with Crippen molar-refractivity contribution in [3.05, 3.63) is 6.33 Å². The lowest BCUT2D eigenvalue weighted by atomic mass is 10.4. The van der Waals surface area contributed by atoms with Crippen molar-refractivity contribution in [1.82, 2.24) is 20.2 Å². The average Bonchev–Trinajstić information content (AvgIpc) is 2.46. The largest absolute Gasteiger partial charge is 0.164 e. The lowest BCUT2D eigenvalue weighted by Gasteiger charge is -1.90. The Morgan fingerprint density at radius 3 is 3.00 bits per heavy atom. The van der Waals surface area contributed by atoms with Crippen LogP contribution >= 0.6 is 0 Å². The Morgan fingerprint density at radius 1 is 1.56 bits per heavy atom. The summed E-state index contributed by atoms with van der Waals surface area (Å²) in [5.41, 5.74) is 0. The van der Waals surface area contributed by atoms with Gasteiger partial charge in [0, 0.05) is 0 Å². The van der Waals surface area contributed by atoms with Gasteiger partial charge in [0.15, 0.2) is 6.33 Å². The zero-order valence-electron chi connectivity index (χ0n) is 5.06. The fraction of sp³-hybridized carbons (Fsp3) is 0.800. The topological polar surface area (TPSA) is 43.6 Å². The summed E-state index contributed by atoms with van der Waals surface area (Å²) in [5, 5.41) is 11.2. The van der Waals surface area contributed by atoms with Crippen LogP contribution in [0.25, 0.3) is 0 Å². The molecule has 4 nitrogen and oxygen atoms in total. The Balaban J connectivity index is 1.99. The second-order valence-corrected chi connectivity index (χ2v) is 2.43. The van der Waals surface area contributed by atoms with Gasteiger partial charge in [0.05, 0.1) is 6.54 Å². The van der Waals surface area contributed by atoms with E-state index in [1.54, 1.807) is 4.80 Å². The van der Waals surface area contributed by atoms with E-state index in [1.807, 2.05) is 0 Å². The number of hydrogen-bond donors (Lipinski definition) is 0. The number of hydrogen-bond acceptors (Lipinski definition) is 3. The van der Waals surface area contributed by atoms with Crippen LogP contribution in [0.4, 0.5) is 0 Å². The van der Waals surface area contributed by atoms with E-state index < -0.39 is 0 Å². The molecule has 0 unspecified atom stereocenters. The van der Waals surface area contributed by atoms with Gasteiger partial charge in [0.1, 0.15) is 0 Å². The molecule has 1 aliphatic rings. The molecule has 0 saturated heterocycles. The minimum atomic E-state index is 0.833. The molecule has 0 aromatic carbocycles. The van der Waals surface area contributed by atoms with Crippen LogP contribution in [-0.4, -0.2) is 20.2 Å². The summed E-state index contributed by atoms with van der Waals surface area (Å²) in [5.74, 6) is 0.833. The average molecular weight is 124 g/mol. The first-order valence-electron chi connectivity index (χ1n) is 3.16. The van der Waals surface area contributed by atoms with Gasteiger partial charge in [-0.1, -0.05) is 0 Å². The molecular weight excluding hydrogens is 116 g/mol. The van der Waals surface area contributed by atoms with Gasteiger partial charge in [-0.25, -0.2) is 0 Å². The van der Waals surface area contributed by atoms with E-state index in [-0.39, 0.29) is 0 Å². The predicted octanol–water partition coefficient (Wildman–Crippen LogP) is 0.0831. The molecular formula is C5H8N4. The summed E-state index contributed by atoms with van der Waals surface area (Å²) in [6.07, 6.45) is 4.14. The molecule has 1 fully saturated rings. The third-order valence-corrected chi connectivity index (χ3v) is 1.51. The highest BCUT2D eigenvalue weighted by molar-refractivity contribution is 4.71. The molecule has 1 aromatic rings. The highest BCUT2D eigenvalue weighted by Crippen LogP contribution is 2.29. The van der Waals surface area contributed by atoms with Crippen molar-refractivity contribution in [2.24, 2.45) is 5.92 Å². The van der Waals surface area contributed by atoms with Crippen molar-refractivity contribution >= 4 is 0 Å². The fourth-order valence-electron chi connectivity index (χ4n) is 0.804. The van der Waals surface area contributed by atoms with Crippen molar-refractivity contribution < 1.29 is 0 Å². The van der Waals surface area contributed by atoms with E-state index in [0.717, 1.165) is 12.5 Å². The van der Waals surface area contributed by atoms with Crippen LogP contribution in [0.15, 0.2) is 6.33 Å². The number of aromatic nitrogens is 4. The lowest BCUT2D eigenvalue weighted by Crippen LogP contribution is -2.03. The van der Waals surface area contributed by atoms with Crippen LogP contribution in [0, 0.1) is 5.92 Å². The molecule has 0 N–H and O–H groups in total. The van der Waals surface area contributed by atoms with Crippen LogP contribution in [0.1, 0.15) is 12.8 Å². The molecule has 1 heterocycles. The van der Waals surface area contributed by atoms with Gasteiger partial charge < -0.3 is 0 Å². The third-order valence-electron chi connectivity index (χ3n) is 1.51. The summed E-state index contributed by atoms with van der Waals surface area (Å²) in [7, 11) is 0. The van der Waals surface area contributed by atoms with E-state index in [1.165, 1.54) is 19.2 Å². The van der Waals surface area contributed by atoms with Crippen LogP contribution in [0.3, 0.4) is 0 Å². The molecule has 48 valence electrons. The lowest BCUT2D eigenvalue weighted by molar-refractivity contribution is 0.486. The Hall–Kier alpha value is -0.930. The van der Waals surface area contributed by atoms with Crippen molar-refractivity contribution in [3.63, 3.8) is 0 Å². The van der Waals surface area contributed by atoms with E-state index in [2.05, 4.69) is 15.4 Å². The van der Waals surface area contributed by atoms with Gasteiger partial charge in [-0.05, 0) is 24.0 Å². The summed E-state index contributed by atoms with van der Waals surface area (Å²) >= 11 is 0. The molecule has 1 saturated carbocycles. The van der Waals surface area contributed by atoms with Crippen molar-refractivity contribution in [2.45, 2.75) is 19.4 Å². The Kier molecular flexibility index (Phi) is 0.974. The van der Waals surface area contributed by atoms with Crippen LogP contribution in [0.5, 0.6) is 0 Å². The summed E-state index contributed by atoms with van der Waals surface area (Å²) in [6.45, 7) is 0.958. The number of tetrazole rings is 1. The first-order chi connectivity index (χ1) is 4.45. The molecule has 4 heteroatoms. The van der Waals surface area contributed by atoms with Crippen LogP contribution in [-0.2, 0) is 6.54 Å². The quantitative estimate of drug-likeness (QED) is 0.561. The number of rotatable bonds is 2. The van der Waals surface area contributed by atoms with Crippen molar-refractivity contribution in [1.29, 1.82) is 0 Å². The Labute approximate surface area is 52.9 Å². The smallest absolute Gasteiger partial charge is 0.162 e. The normalized spacial score (nSPS) is 18.2. The summed E-state index contributed by atoms with van der Waals surface area (Å²) in [4.78, 5) is 1.65. The minimum absolute atomic E-state index is 0.833. The first kappa shape index (κ1) is 4.90. The SMILES string of the molecule is c1nnn(CC2CC2)n1. The maximum absolute atomic E-state index is 3.89. The molecule has 0 aliphatic heterocycles. The van der Waals surface area contributed by atoms with E-state index in [9.17, 15) is 0 Å². The second kappa shape index (κ2) is 1.79. The van der Waals surface area contributed by atoms with Gasteiger partial charge in [-0.15, -0.1) is 10.2 Å². The maximum Gasteiger partial charge on any atom is 0.162 e. The van der Waals surface area contributed by atoms with Gasteiger partial charge in [-0.3, -0.25) is 0 Å². The zero-order valence-corrected chi connectivity index (χ0v) is 5.06.